The van der Waals surface area contributed by atoms with E-state index in [0.29, 0.717) is 6.42 Å². The first-order valence-electron chi connectivity index (χ1n) is 9.61. The van der Waals surface area contributed by atoms with Crippen molar-refractivity contribution >= 4 is 5.91 Å². The second-order valence-corrected chi connectivity index (χ2v) is 7.25. The molecule has 0 saturated heterocycles. The lowest BCUT2D eigenvalue weighted by Gasteiger charge is -2.44. The number of unbranched alkanes of at least 4 members (excludes halogenated alkanes) is 1. The van der Waals surface area contributed by atoms with Gasteiger partial charge in [0.25, 0.3) is 0 Å². The molecule has 2 N–H and O–H groups in total. The minimum atomic E-state index is -0.476. The van der Waals surface area contributed by atoms with Gasteiger partial charge in [0.1, 0.15) is 6.04 Å². The van der Waals surface area contributed by atoms with Crippen molar-refractivity contribution in [1.29, 1.82) is 0 Å². The maximum Gasteiger partial charge on any atom is 0.239 e. The van der Waals surface area contributed by atoms with Gasteiger partial charge in [-0.3, -0.25) is 4.79 Å². The smallest absolute Gasteiger partial charge is 0.239 e. The van der Waals surface area contributed by atoms with Crippen LogP contribution >= 0.6 is 0 Å². The highest BCUT2D eigenvalue weighted by Crippen LogP contribution is 2.24. The topological polar surface area (TPSA) is 55.8 Å². The zero-order valence-corrected chi connectivity index (χ0v) is 16.4. The molecule has 1 amide bonds. The number of aliphatic hydroxyl groups excluding tert-OH is 1. The number of hydrogen-bond acceptors (Lipinski definition) is 4. The Bertz CT molecular complexity index is 588. The lowest BCUT2D eigenvalue weighted by molar-refractivity contribution is -0.142. The molecule has 0 spiro atoms. The molecule has 5 heteroatoms. The summed E-state index contributed by atoms with van der Waals surface area (Å²) in [6.45, 7) is 4.12. The number of carbonyl (C=O) groups excluding carboxylic acids is 1. The lowest BCUT2D eigenvalue weighted by atomic mass is 9.96. The number of aliphatic hydroxyl groups is 1. The summed E-state index contributed by atoms with van der Waals surface area (Å²) in [6, 6.07) is 9.43. The van der Waals surface area contributed by atoms with Crippen molar-refractivity contribution in [3.63, 3.8) is 0 Å². The molecule has 1 aliphatic heterocycles. The Hall–Kier alpha value is -1.69. The normalized spacial score (nSPS) is 23.0. The molecule has 0 fully saturated rings. The van der Waals surface area contributed by atoms with Crippen LogP contribution in [0.5, 0.6) is 0 Å². The van der Waals surface area contributed by atoms with E-state index < -0.39 is 6.10 Å². The van der Waals surface area contributed by atoms with Crippen LogP contribution in [0.4, 0.5) is 0 Å². The minimum absolute atomic E-state index is 0.00732. The Balaban J connectivity index is 2.10. The van der Waals surface area contributed by atoms with Crippen molar-refractivity contribution < 1.29 is 9.90 Å². The van der Waals surface area contributed by atoms with E-state index in [0.717, 1.165) is 24.8 Å². The molecule has 4 atom stereocenters. The van der Waals surface area contributed by atoms with Crippen LogP contribution in [-0.2, 0) is 4.79 Å². The Morgan fingerprint density at radius 2 is 2.04 bits per heavy atom. The number of nitrogens with one attached hydrogen (secondary N) is 1. The van der Waals surface area contributed by atoms with Crippen LogP contribution in [0.3, 0.4) is 0 Å². The van der Waals surface area contributed by atoms with Gasteiger partial charge in [-0.25, -0.2) is 10.0 Å². The quantitative estimate of drug-likeness (QED) is 0.701. The van der Waals surface area contributed by atoms with Crippen LogP contribution in [-0.4, -0.2) is 53.3 Å². The van der Waals surface area contributed by atoms with Gasteiger partial charge in [-0.05, 0) is 25.3 Å². The summed E-state index contributed by atoms with van der Waals surface area (Å²) in [5.41, 5.74) is 1.09. The molecular weight excluding hydrogens is 326 g/mol. The molecule has 0 radical (unpaired) electrons. The third kappa shape index (κ3) is 5.16. The monoisotopic (exact) mass is 359 g/mol. The van der Waals surface area contributed by atoms with Gasteiger partial charge in [0.15, 0.2) is 0 Å². The van der Waals surface area contributed by atoms with Gasteiger partial charge in [0, 0.05) is 14.1 Å². The zero-order valence-electron chi connectivity index (χ0n) is 16.4. The standard InChI is InChI=1S/C21H33N3O2/c1-5-6-15-20(25)18-13-10-14-19(24(18)23(3)4)21(26)22-16(2)17-11-8-7-9-12-17/h7-13,16,18-20,25H,5-6,14-15H2,1-4H3,(H,22,26)/t16-,18+,19-,20+/m1/s1. The van der Waals surface area contributed by atoms with Crippen LogP contribution in [0.25, 0.3) is 0 Å². The maximum absolute atomic E-state index is 13.0. The molecule has 2 rings (SSSR count). The van der Waals surface area contributed by atoms with Crippen LogP contribution in [0.2, 0.25) is 0 Å². The molecular formula is C21H33N3O2. The van der Waals surface area contributed by atoms with Gasteiger partial charge >= 0.3 is 0 Å². The first kappa shape index (κ1) is 20.6. The van der Waals surface area contributed by atoms with Gasteiger partial charge < -0.3 is 10.4 Å². The van der Waals surface area contributed by atoms with Gasteiger partial charge in [0.2, 0.25) is 5.91 Å². The van der Waals surface area contributed by atoms with Crippen molar-refractivity contribution in [2.24, 2.45) is 0 Å². The van der Waals surface area contributed by atoms with Gasteiger partial charge in [-0.1, -0.05) is 62.2 Å². The molecule has 5 nitrogen and oxygen atoms in total. The SMILES string of the molecule is CCCC[C@H](O)[C@@H]1C=CC[C@H](C(=O)N[C@H](C)c2ccccc2)N1N(C)C. The van der Waals surface area contributed by atoms with E-state index in [1.165, 1.54) is 0 Å². The minimum Gasteiger partial charge on any atom is -0.391 e. The fourth-order valence-corrected chi connectivity index (χ4v) is 3.55. The predicted octanol–water partition coefficient (Wildman–Crippen LogP) is 2.89. The fourth-order valence-electron chi connectivity index (χ4n) is 3.55. The number of nitrogens with zero attached hydrogens (tertiary/aromatic N) is 2. The van der Waals surface area contributed by atoms with E-state index in [2.05, 4.69) is 12.2 Å². The molecule has 26 heavy (non-hydrogen) atoms. The number of carbonyl (C=O) groups is 1. The predicted molar refractivity (Wildman–Crippen MR) is 105 cm³/mol. The number of rotatable bonds is 8. The van der Waals surface area contributed by atoms with E-state index in [1.54, 1.807) is 0 Å². The summed E-state index contributed by atoms with van der Waals surface area (Å²) >= 11 is 0. The van der Waals surface area contributed by atoms with E-state index in [1.807, 2.05) is 73.5 Å². The Morgan fingerprint density at radius 3 is 2.65 bits per heavy atom. The van der Waals surface area contributed by atoms with E-state index in [9.17, 15) is 9.90 Å². The second kappa shape index (κ2) is 9.86. The molecule has 144 valence electrons. The van der Waals surface area contributed by atoms with Crippen LogP contribution in [0.1, 0.15) is 51.1 Å². The lowest BCUT2D eigenvalue weighted by Crippen LogP contribution is -2.60. The third-order valence-electron chi connectivity index (χ3n) is 4.99. The number of amides is 1. The first-order chi connectivity index (χ1) is 12.5. The van der Waals surface area contributed by atoms with Gasteiger partial charge in [-0.15, -0.1) is 0 Å². The van der Waals surface area contributed by atoms with E-state index in [-0.39, 0.29) is 24.0 Å². The molecule has 1 aromatic rings. The molecule has 0 saturated carbocycles. The summed E-state index contributed by atoms with van der Waals surface area (Å²) in [7, 11) is 3.86. The molecule has 1 aliphatic rings. The van der Waals surface area contributed by atoms with Crippen molar-refractivity contribution in [3.8, 4) is 0 Å². The Kier molecular flexibility index (Phi) is 7.82. The molecule has 0 bridgehead atoms. The largest absolute Gasteiger partial charge is 0.391 e. The molecule has 1 heterocycles. The maximum atomic E-state index is 13.0. The number of hydrogen-bond donors (Lipinski definition) is 2. The summed E-state index contributed by atoms with van der Waals surface area (Å²) in [6.07, 6.45) is 6.99. The molecule has 0 unspecified atom stereocenters. The Morgan fingerprint density at radius 1 is 1.35 bits per heavy atom. The van der Waals surface area contributed by atoms with Gasteiger partial charge in [-0.2, -0.15) is 0 Å². The Labute approximate surface area is 157 Å². The number of hydrazine groups is 1. The highest BCUT2D eigenvalue weighted by molar-refractivity contribution is 5.82. The van der Waals surface area contributed by atoms with E-state index >= 15 is 0 Å². The number of benzene rings is 1. The van der Waals surface area contributed by atoms with Crippen LogP contribution in [0.15, 0.2) is 42.5 Å². The average molecular weight is 360 g/mol. The zero-order chi connectivity index (χ0) is 19.1. The van der Waals surface area contributed by atoms with Crippen molar-refractivity contribution in [2.75, 3.05) is 14.1 Å². The summed E-state index contributed by atoms with van der Waals surface area (Å²) in [5, 5.41) is 17.7. The van der Waals surface area contributed by atoms with Crippen LogP contribution < -0.4 is 5.32 Å². The third-order valence-corrected chi connectivity index (χ3v) is 4.99. The van der Waals surface area contributed by atoms with E-state index in [4.69, 9.17) is 0 Å². The fraction of sp³-hybridized carbons (Fsp3) is 0.571. The molecule has 1 aromatic carbocycles. The van der Waals surface area contributed by atoms with Crippen molar-refractivity contribution in [1.82, 2.24) is 15.3 Å². The summed E-state index contributed by atoms with van der Waals surface area (Å²) in [5.74, 6) is -0.00732. The molecule has 0 aromatic heterocycles. The first-order valence-corrected chi connectivity index (χ1v) is 9.61. The van der Waals surface area contributed by atoms with Crippen molar-refractivity contribution in [2.45, 2.75) is 63.8 Å². The van der Waals surface area contributed by atoms with Crippen molar-refractivity contribution in [3.05, 3.63) is 48.0 Å². The molecule has 0 aliphatic carbocycles. The average Bonchev–Trinajstić information content (AvgIpc) is 2.65. The highest BCUT2D eigenvalue weighted by atomic mass is 16.3. The summed E-state index contributed by atoms with van der Waals surface area (Å²) < 4.78 is 0. The highest BCUT2D eigenvalue weighted by Gasteiger charge is 2.37. The van der Waals surface area contributed by atoms with Crippen LogP contribution in [0, 0.1) is 0 Å². The second-order valence-electron chi connectivity index (χ2n) is 7.25. The van der Waals surface area contributed by atoms with Gasteiger partial charge in [0.05, 0.1) is 18.2 Å². The summed E-state index contributed by atoms with van der Waals surface area (Å²) in [4.78, 5) is 13.0.